The molecule has 4 aromatic rings. The molecule has 174 valence electrons. The average molecular weight is 625 g/mol. The molecule has 1 heterocycles. The van der Waals surface area contributed by atoms with Crippen LogP contribution in [0, 0.1) is 11.9 Å². The maximum absolute atomic E-state index is 13.2. The molecule has 0 aliphatic carbocycles. The summed E-state index contributed by atoms with van der Waals surface area (Å²) in [6.45, 7) is 3.32. The molecule has 2 atom stereocenters. The van der Waals surface area contributed by atoms with E-state index >= 15 is 0 Å². The van der Waals surface area contributed by atoms with Crippen molar-refractivity contribution >= 4 is 0 Å². The van der Waals surface area contributed by atoms with Gasteiger partial charge in [0.05, 0.1) is 23.6 Å². The molecule has 0 aliphatic rings. The molecule has 0 bridgehead atoms. The van der Waals surface area contributed by atoms with Crippen LogP contribution in [-0.4, -0.2) is 32.4 Å². The first-order valence-corrected chi connectivity index (χ1v) is 10.5. The van der Waals surface area contributed by atoms with Gasteiger partial charge in [0.15, 0.2) is 0 Å². The second kappa shape index (κ2) is 13.1. The van der Waals surface area contributed by atoms with E-state index in [4.69, 9.17) is 15.2 Å². The van der Waals surface area contributed by atoms with E-state index in [2.05, 4.69) is 11.1 Å². The van der Waals surface area contributed by atoms with Gasteiger partial charge in [-0.15, -0.1) is 35.9 Å². The summed E-state index contributed by atoms with van der Waals surface area (Å²) in [6, 6.07) is 27.1. The fourth-order valence-electron chi connectivity index (χ4n) is 3.18. The third-order valence-electron chi connectivity index (χ3n) is 4.61. The molecule has 0 amide bonds. The molecule has 0 fully saturated rings. The molecule has 0 aliphatic heterocycles. The van der Waals surface area contributed by atoms with Gasteiger partial charge in [0, 0.05) is 38.5 Å². The predicted molar refractivity (Wildman–Crippen MR) is 125 cm³/mol. The van der Waals surface area contributed by atoms with Gasteiger partial charge in [0.2, 0.25) is 0 Å². The van der Waals surface area contributed by atoms with Gasteiger partial charge in [0.25, 0.3) is 0 Å². The molecule has 0 saturated heterocycles. The van der Waals surface area contributed by atoms with Gasteiger partial charge in [-0.05, 0) is 50.1 Å². The van der Waals surface area contributed by atoms with E-state index in [0.29, 0.717) is 12.1 Å². The fraction of sp³-hybridized carbons (Fsp3) is 0.185. The Labute approximate surface area is 208 Å². The van der Waals surface area contributed by atoms with E-state index in [1.54, 1.807) is 32.2 Å². The number of aliphatic hydroxyl groups is 2. The molecule has 2 unspecified atom stereocenters. The average Bonchev–Trinajstić information content (AvgIpc) is 2.80. The molecule has 0 spiro atoms. The van der Waals surface area contributed by atoms with Crippen LogP contribution in [0.4, 0.5) is 4.39 Å². The Hall–Kier alpha value is -2.72. The maximum Gasteiger partial charge on any atom is 0.123 e. The van der Waals surface area contributed by atoms with Crippen LogP contribution in [0.5, 0.6) is 0 Å². The number of aliphatic hydroxyl groups excluding tert-OH is 2. The predicted octanol–water partition coefficient (Wildman–Crippen LogP) is 5.55. The number of aromatic nitrogens is 2. The monoisotopic (exact) mass is 624 g/mol. The second-order valence-electron chi connectivity index (χ2n) is 7.54. The molecular formula is C27H26FN2O2Pt-. The van der Waals surface area contributed by atoms with E-state index in [9.17, 15) is 4.39 Å². The van der Waals surface area contributed by atoms with E-state index in [1.165, 1.54) is 12.1 Å². The Morgan fingerprint density at radius 3 is 2.00 bits per heavy atom. The maximum atomic E-state index is 13.2. The summed E-state index contributed by atoms with van der Waals surface area (Å²) >= 11 is 0. The minimum Gasteiger partial charge on any atom is -0.393 e. The van der Waals surface area contributed by atoms with E-state index < -0.39 is 0 Å². The number of hydrogen-bond acceptors (Lipinski definition) is 4. The third kappa shape index (κ3) is 7.97. The van der Waals surface area contributed by atoms with Crippen LogP contribution in [-0.2, 0) is 21.1 Å². The van der Waals surface area contributed by atoms with Crippen molar-refractivity contribution in [1.82, 2.24) is 9.97 Å². The van der Waals surface area contributed by atoms with Crippen LogP contribution in [0.3, 0.4) is 0 Å². The number of benzene rings is 3. The van der Waals surface area contributed by atoms with Crippen molar-refractivity contribution in [2.45, 2.75) is 32.5 Å². The van der Waals surface area contributed by atoms with E-state index in [1.807, 2.05) is 54.6 Å². The second-order valence-corrected chi connectivity index (χ2v) is 7.54. The van der Waals surface area contributed by atoms with Crippen molar-refractivity contribution in [2.24, 2.45) is 0 Å². The Balaban J connectivity index is 0.000000423. The summed E-state index contributed by atoms with van der Waals surface area (Å²) < 4.78 is 13.2. The smallest absolute Gasteiger partial charge is 0.123 e. The van der Waals surface area contributed by atoms with Crippen molar-refractivity contribution in [3.05, 3.63) is 96.9 Å². The van der Waals surface area contributed by atoms with E-state index in [-0.39, 0.29) is 39.1 Å². The molecule has 3 aromatic carbocycles. The van der Waals surface area contributed by atoms with Gasteiger partial charge in [-0.2, -0.15) is 0 Å². The first-order chi connectivity index (χ1) is 15.4. The molecule has 2 N–H and O–H groups in total. The first kappa shape index (κ1) is 26.5. The molecule has 33 heavy (non-hydrogen) atoms. The van der Waals surface area contributed by atoms with Crippen molar-refractivity contribution in [3.8, 4) is 33.8 Å². The summed E-state index contributed by atoms with van der Waals surface area (Å²) in [5.41, 5.74) is 4.96. The molecule has 6 heteroatoms. The summed E-state index contributed by atoms with van der Waals surface area (Å²) in [6.07, 6.45) is 1.44. The van der Waals surface area contributed by atoms with Crippen molar-refractivity contribution in [3.63, 3.8) is 0 Å². The van der Waals surface area contributed by atoms with Gasteiger partial charge in [0.1, 0.15) is 5.82 Å². The summed E-state index contributed by atoms with van der Waals surface area (Å²) in [5, 5.41) is 17.1. The summed E-state index contributed by atoms with van der Waals surface area (Å²) in [5.74, 6) is -0.268. The summed E-state index contributed by atoms with van der Waals surface area (Å²) in [4.78, 5) is 9.45. The van der Waals surface area contributed by atoms with Crippen molar-refractivity contribution in [2.75, 3.05) is 0 Å². The Morgan fingerprint density at radius 2 is 1.45 bits per heavy atom. The number of nitrogens with zero attached hydrogens (tertiary/aromatic N) is 2. The van der Waals surface area contributed by atoms with Crippen LogP contribution < -0.4 is 0 Å². The first-order valence-electron chi connectivity index (χ1n) is 10.5. The Kier molecular flexibility index (Phi) is 10.5. The van der Waals surface area contributed by atoms with Gasteiger partial charge in [-0.3, -0.25) is 4.98 Å². The van der Waals surface area contributed by atoms with Crippen molar-refractivity contribution in [1.29, 1.82) is 0 Å². The SMILES string of the molecule is CC(O)CC(C)O.Fc1ccc(-c2cnc(-c3[c-]cccc3)c(-c3ccccc3)n2)cc1.[Pt]. The van der Waals surface area contributed by atoms with Crippen molar-refractivity contribution < 1.29 is 35.7 Å². The number of hydrogen-bond donors (Lipinski definition) is 2. The zero-order valence-corrected chi connectivity index (χ0v) is 20.7. The van der Waals surface area contributed by atoms with Crippen LogP contribution in [0.1, 0.15) is 20.3 Å². The summed E-state index contributed by atoms with van der Waals surface area (Å²) in [7, 11) is 0. The van der Waals surface area contributed by atoms with Crippen LogP contribution in [0.15, 0.2) is 85.1 Å². The molecule has 4 nitrogen and oxygen atoms in total. The molecule has 4 rings (SSSR count). The zero-order chi connectivity index (χ0) is 22.9. The topological polar surface area (TPSA) is 66.2 Å². The van der Waals surface area contributed by atoms with Gasteiger partial charge >= 0.3 is 0 Å². The third-order valence-corrected chi connectivity index (χ3v) is 4.61. The standard InChI is InChI=1S/C22H14FN2.C5H12O2.Pt/c23-19-13-11-16(12-14-19)20-15-24-21(17-7-3-1-4-8-17)22(25-20)18-9-5-2-6-10-18;1-4(6)3-5(2)7;/h1-7,9-15H;4-7H,3H2,1-2H3;/q-1;;. The molecule has 0 saturated carbocycles. The van der Waals surface area contributed by atoms with Gasteiger partial charge in [-0.25, -0.2) is 4.39 Å². The molecule has 0 radical (unpaired) electrons. The Bertz CT molecular complexity index is 1100. The normalized spacial score (nSPS) is 12.0. The molecule has 1 aromatic heterocycles. The fourth-order valence-corrected chi connectivity index (χ4v) is 3.18. The van der Waals surface area contributed by atoms with Crippen LogP contribution >= 0.6 is 0 Å². The largest absolute Gasteiger partial charge is 0.393 e. The quantitative estimate of drug-likeness (QED) is 0.286. The molecular weight excluding hydrogens is 598 g/mol. The van der Waals surface area contributed by atoms with Crippen LogP contribution in [0.2, 0.25) is 0 Å². The van der Waals surface area contributed by atoms with Gasteiger partial charge < -0.3 is 15.2 Å². The zero-order valence-electron chi connectivity index (χ0n) is 18.4. The number of rotatable bonds is 5. The number of halogens is 1. The van der Waals surface area contributed by atoms with Gasteiger partial charge in [-0.1, -0.05) is 30.3 Å². The minimum absolute atomic E-state index is 0. The minimum atomic E-state index is -0.375. The van der Waals surface area contributed by atoms with Crippen LogP contribution in [0.25, 0.3) is 33.8 Å². The Morgan fingerprint density at radius 1 is 0.818 bits per heavy atom. The van der Waals surface area contributed by atoms with E-state index in [0.717, 1.165) is 28.1 Å².